The maximum absolute atomic E-state index is 10.7. The number of carboxylic acids is 1. The van der Waals surface area contributed by atoms with E-state index < -0.39 is 12.1 Å². The normalized spacial score (nSPS) is 9.88. The van der Waals surface area contributed by atoms with Crippen LogP contribution in [0, 0.1) is 6.92 Å². The fourth-order valence-electron chi connectivity index (χ4n) is 1.10. The number of methoxy groups -OCH3 is 1. The molecule has 88 valence electrons. The zero-order valence-corrected chi connectivity index (χ0v) is 9.76. The van der Waals surface area contributed by atoms with Crippen LogP contribution in [0.2, 0.25) is 0 Å². The molecule has 1 aromatic heterocycles. The minimum absolute atomic E-state index is 0.244. The number of aryl methyl sites for hydroxylation is 1. The molecule has 0 radical (unpaired) electrons. The number of carbonyl (C=O) groups excluding carboxylic acids is 1. The van der Waals surface area contributed by atoms with E-state index in [1.54, 1.807) is 6.92 Å². The summed E-state index contributed by atoms with van der Waals surface area (Å²) in [5.41, 5.74) is 0.505. The molecule has 0 saturated carbocycles. The van der Waals surface area contributed by atoms with Crippen molar-refractivity contribution in [3.05, 3.63) is 15.6 Å². The molecule has 0 fully saturated rings. The molecular weight excluding hydrogens is 232 g/mol. The van der Waals surface area contributed by atoms with Gasteiger partial charge in [-0.1, -0.05) is 0 Å². The van der Waals surface area contributed by atoms with Crippen molar-refractivity contribution in [3.63, 3.8) is 0 Å². The Labute approximate surface area is 96.3 Å². The van der Waals surface area contributed by atoms with Crippen LogP contribution in [0.1, 0.15) is 20.4 Å². The Morgan fingerprint density at radius 2 is 2.25 bits per heavy atom. The number of carbonyl (C=O) groups is 2. The summed E-state index contributed by atoms with van der Waals surface area (Å²) in [5.74, 6) is -0.970. The zero-order chi connectivity index (χ0) is 12.1. The molecule has 2 N–H and O–H groups in total. The van der Waals surface area contributed by atoms with E-state index in [1.807, 2.05) is 0 Å². The molecule has 0 aliphatic carbocycles. The van der Waals surface area contributed by atoms with E-state index in [-0.39, 0.29) is 4.88 Å². The molecule has 1 rings (SSSR count). The molecule has 1 heterocycles. The number of ether oxygens (including phenoxy) is 1. The Hall–Kier alpha value is -1.63. The summed E-state index contributed by atoms with van der Waals surface area (Å²) >= 11 is 1.12. The summed E-state index contributed by atoms with van der Waals surface area (Å²) in [6.07, 6.45) is -0.0137. The fraction of sp³-hybridized carbons (Fsp3) is 0.444. The second-order valence-electron chi connectivity index (χ2n) is 3.00. The van der Waals surface area contributed by atoms with Crippen LogP contribution in [0.3, 0.4) is 0 Å². The van der Waals surface area contributed by atoms with Crippen LogP contribution in [0.4, 0.5) is 4.79 Å². The Balaban J connectivity index is 2.52. The summed E-state index contributed by atoms with van der Waals surface area (Å²) in [6, 6.07) is 0. The van der Waals surface area contributed by atoms with Crippen molar-refractivity contribution in [2.24, 2.45) is 0 Å². The van der Waals surface area contributed by atoms with Gasteiger partial charge in [-0.25, -0.2) is 14.6 Å². The van der Waals surface area contributed by atoms with E-state index in [0.717, 1.165) is 11.3 Å². The number of carboxylic acid groups (broad SMARTS) is 1. The third-order valence-corrected chi connectivity index (χ3v) is 3.03. The molecule has 0 aliphatic rings. The molecule has 0 spiro atoms. The number of nitrogens with one attached hydrogen (secondary N) is 1. The molecule has 1 amide bonds. The van der Waals surface area contributed by atoms with Gasteiger partial charge in [0.2, 0.25) is 0 Å². The molecule has 7 heteroatoms. The first-order valence-electron chi connectivity index (χ1n) is 4.56. The number of alkyl carbamates (subject to hydrolysis) is 1. The number of aromatic nitrogens is 1. The summed E-state index contributed by atoms with van der Waals surface area (Å²) in [4.78, 5) is 25.8. The quantitative estimate of drug-likeness (QED) is 0.826. The van der Waals surface area contributed by atoms with Crippen molar-refractivity contribution in [1.82, 2.24) is 10.3 Å². The third-order valence-electron chi connectivity index (χ3n) is 1.83. The average molecular weight is 244 g/mol. The summed E-state index contributed by atoms with van der Waals surface area (Å²) in [6.45, 7) is 2.02. The van der Waals surface area contributed by atoms with E-state index in [9.17, 15) is 9.59 Å². The number of amides is 1. The van der Waals surface area contributed by atoms with E-state index >= 15 is 0 Å². The van der Waals surface area contributed by atoms with Crippen LogP contribution in [-0.2, 0) is 11.2 Å². The summed E-state index contributed by atoms with van der Waals surface area (Å²) < 4.78 is 4.39. The first kappa shape index (κ1) is 12.4. The lowest BCUT2D eigenvalue weighted by Gasteiger charge is -2.00. The fourth-order valence-corrected chi connectivity index (χ4v) is 2.00. The first-order chi connectivity index (χ1) is 7.54. The standard InChI is InChI=1S/C9H12N2O4S/c1-5-7(8(12)13)16-6(11-5)3-4-10-9(14)15-2/h3-4H2,1-2H3,(H,10,14)(H,12,13). The van der Waals surface area contributed by atoms with Gasteiger partial charge < -0.3 is 15.2 Å². The van der Waals surface area contributed by atoms with Gasteiger partial charge >= 0.3 is 12.1 Å². The SMILES string of the molecule is COC(=O)NCCc1nc(C)c(C(=O)O)s1. The van der Waals surface area contributed by atoms with Crippen LogP contribution < -0.4 is 5.32 Å². The predicted octanol–water partition coefficient (Wildman–Crippen LogP) is 1.05. The van der Waals surface area contributed by atoms with Gasteiger partial charge in [-0.2, -0.15) is 0 Å². The van der Waals surface area contributed by atoms with E-state index in [4.69, 9.17) is 5.11 Å². The molecule has 1 aromatic rings. The van der Waals surface area contributed by atoms with Crippen LogP contribution in [0.25, 0.3) is 0 Å². The smallest absolute Gasteiger partial charge is 0.406 e. The number of rotatable bonds is 4. The van der Waals surface area contributed by atoms with E-state index in [0.29, 0.717) is 23.7 Å². The highest BCUT2D eigenvalue weighted by atomic mass is 32.1. The lowest BCUT2D eigenvalue weighted by atomic mass is 10.4. The van der Waals surface area contributed by atoms with Crippen LogP contribution in [0.15, 0.2) is 0 Å². The van der Waals surface area contributed by atoms with Crippen molar-refractivity contribution in [2.75, 3.05) is 13.7 Å². The monoisotopic (exact) mass is 244 g/mol. The molecule has 0 unspecified atom stereocenters. The zero-order valence-electron chi connectivity index (χ0n) is 8.94. The molecule has 16 heavy (non-hydrogen) atoms. The second kappa shape index (κ2) is 5.45. The molecule has 0 saturated heterocycles. The van der Waals surface area contributed by atoms with Gasteiger partial charge in [-0.3, -0.25) is 0 Å². The summed E-state index contributed by atoms with van der Waals surface area (Å²) in [7, 11) is 1.28. The van der Waals surface area contributed by atoms with E-state index in [2.05, 4.69) is 15.0 Å². The Kier molecular flexibility index (Phi) is 4.24. The number of thiazole rings is 1. The maximum atomic E-state index is 10.7. The highest BCUT2D eigenvalue weighted by Gasteiger charge is 2.13. The maximum Gasteiger partial charge on any atom is 0.406 e. The van der Waals surface area contributed by atoms with Crippen molar-refractivity contribution < 1.29 is 19.4 Å². The molecule has 0 aliphatic heterocycles. The van der Waals surface area contributed by atoms with Gasteiger partial charge in [0.25, 0.3) is 0 Å². The Morgan fingerprint density at radius 3 is 2.75 bits per heavy atom. The van der Waals surface area contributed by atoms with Crippen LogP contribution >= 0.6 is 11.3 Å². The second-order valence-corrected chi connectivity index (χ2v) is 4.08. The highest BCUT2D eigenvalue weighted by Crippen LogP contribution is 2.17. The van der Waals surface area contributed by atoms with Crippen LogP contribution in [0.5, 0.6) is 0 Å². The molecule has 0 bridgehead atoms. The molecule has 6 nitrogen and oxygen atoms in total. The van der Waals surface area contributed by atoms with Crippen molar-refractivity contribution in [2.45, 2.75) is 13.3 Å². The van der Waals surface area contributed by atoms with Crippen molar-refractivity contribution in [1.29, 1.82) is 0 Å². The topological polar surface area (TPSA) is 88.5 Å². The van der Waals surface area contributed by atoms with Gasteiger partial charge in [-0.05, 0) is 6.92 Å². The van der Waals surface area contributed by atoms with Gasteiger partial charge in [-0.15, -0.1) is 11.3 Å². The average Bonchev–Trinajstić information content (AvgIpc) is 2.59. The van der Waals surface area contributed by atoms with Gasteiger partial charge in [0.1, 0.15) is 4.88 Å². The minimum Gasteiger partial charge on any atom is -0.477 e. The lowest BCUT2D eigenvalue weighted by molar-refractivity contribution is 0.0701. The third kappa shape index (κ3) is 3.20. The molecule has 0 aromatic carbocycles. The minimum atomic E-state index is -0.970. The Bertz CT molecular complexity index is 402. The summed E-state index contributed by atoms with van der Waals surface area (Å²) in [5, 5.41) is 12.0. The number of aromatic carboxylic acids is 1. The highest BCUT2D eigenvalue weighted by molar-refractivity contribution is 7.13. The van der Waals surface area contributed by atoms with Crippen LogP contribution in [-0.4, -0.2) is 35.8 Å². The van der Waals surface area contributed by atoms with E-state index in [1.165, 1.54) is 7.11 Å². The largest absolute Gasteiger partial charge is 0.477 e. The molecular formula is C9H12N2O4S. The van der Waals surface area contributed by atoms with Crippen molar-refractivity contribution >= 4 is 23.4 Å². The number of nitrogens with zero attached hydrogens (tertiary/aromatic N) is 1. The van der Waals surface area contributed by atoms with Gasteiger partial charge in [0.05, 0.1) is 17.8 Å². The van der Waals surface area contributed by atoms with Crippen molar-refractivity contribution in [3.8, 4) is 0 Å². The number of hydrogen-bond donors (Lipinski definition) is 2. The Morgan fingerprint density at radius 1 is 1.56 bits per heavy atom. The van der Waals surface area contributed by atoms with Gasteiger partial charge in [0, 0.05) is 13.0 Å². The van der Waals surface area contributed by atoms with Gasteiger partial charge in [0.15, 0.2) is 0 Å². The molecule has 0 atom stereocenters. The number of hydrogen-bond acceptors (Lipinski definition) is 5. The first-order valence-corrected chi connectivity index (χ1v) is 5.37. The lowest BCUT2D eigenvalue weighted by Crippen LogP contribution is -2.25. The predicted molar refractivity (Wildman–Crippen MR) is 57.9 cm³/mol.